The molecule has 1 fully saturated rings. The smallest absolute Gasteiger partial charge is 0.320 e. The first-order valence-electron chi connectivity index (χ1n) is 8.67. The van der Waals surface area contributed by atoms with E-state index in [1.165, 1.54) is 26.1 Å². The lowest BCUT2D eigenvalue weighted by Gasteiger charge is -2.31. The molecule has 128 valence electrons. The number of aliphatic carboxylic acids is 1. The molecule has 2 aromatic carbocycles. The summed E-state index contributed by atoms with van der Waals surface area (Å²) in [4.78, 5) is 16.4. The maximum atomic E-state index is 11.8. The number of benzene rings is 2. The minimum atomic E-state index is -0.712. The Morgan fingerprint density at radius 2 is 1.96 bits per heavy atom. The topological polar surface area (TPSA) is 40.5 Å². The Morgan fingerprint density at radius 3 is 2.68 bits per heavy atom. The number of hydrogen-bond acceptors (Lipinski definition) is 3. The third-order valence-electron chi connectivity index (χ3n) is 5.03. The standard InChI is InChI=1S/C21H21NO2S/c1-14-8-11-19(25-14)20(22-12-4-7-18(22)21(23)24)17-10-9-15-5-2-3-6-16(15)13-17/h2-3,5-6,8-11,13,18,20H,4,7,12H2,1H3,(H,23,24). The SMILES string of the molecule is Cc1ccc(C(c2ccc3ccccc3c2)N2CCCC2C(=O)O)s1. The monoisotopic (exact) mass is 351 g/mol. The Hall–Kier alpha value is -2.17. The number of aryl methyl sites for hydroxylation is 1. The van der Waals surface area contributed by atoms with Crippen molar-refractivity contribution in [1.29, 1.82) is 0 Å². The zero-order chi connectivity index (χ0) is 17.4. The maximum Gasteiger partial charge on any atom is 0.320 e. The second-order valence-corrected chi connectivity index (χ2v) is 8.01. The van der Waals surface area contributed by atoms with Crippen molar-refractivity contribution in [1.82, 2.24) is 4.90 Å². The number of carbonyl (C=O) groups is 1. The summed E-state index contributed by atoms with van der Waals surface area (Å²) in [5, 5.41) is 12.1. The molecule has 0 radical (unpaired) electrons. The first kappa shape index (κ1) is 16.3. The number of hydrogen-bond donors (Lipinski definition) is 1. The predicted octanol–water partition coefficient (Wildman–Crippen LogP) is 4.85. The van der Waals surface area contributed by atoms with E-state index in [9.17, 15) is 9.90 Å². The van der Waals surface area contributed by atoms with Crippen molar-refractivity contribution in [2.75, 3.05) is 6.54 Å². The molecule has 1 aliphatic heterocycles. The van der Waals surface area contributed by atoms with Crippen molar-refractivity contribution in [3.8, 4) is 0 Å². The van der Waals surface area contributed by atoms with Crippen molar-refractivity contribution < 1.29 is 9.90 Å². The number of carboxylic acid groups (broad SMARTS) is 1. The van der Waals surface area contributed by atoms with Crippen molar-refractivity contribution in [3.05, 3.63) is 69.9 Å². The van der Waals surface area contributed by atoms with Gasteiger partial charge in [0.05, 0.1) is 6.04 Å². The van der Waals surface area contributed by atoms with Crippen LogP contribution in [0.4, 0.5) is 0 Å². The van der Waals surface area contributed by atoms with Gasteiger partial charge < -0.3 is 5.11 Å². The maximum absolute atomic E-state index is 11.8. The van der Waals surface area contributed by atoms with Crippen molar-refractivity contribution in [2.45, 2.75) is 31.8 Å². The predicted molar refractivity (Wildman–Crippen MR) is 102 cm³/mol. The van der Waals surface area contributed by atoms with Crippen LogP contribution in [0.1, 0.15) is 34.2 Å². The molecule has 0 spiro atoms. The van der Waals surface area contributed by atoms with Crippen molar-refractivity contribution in [3.63, 3.8) is 0 Å². The fourth-order valence-electron chi connectivity index (χ4n) is 3.86. The third kappa shape index (κ3) is 3.08. The highest BCUT2D eigenvalue weighted by molar-refractivity contribution is 7.12. The van der Waals surface area contributed by atoms with E-state index in [2.05, 4.69) is 54.3 Å². The van der Waals surface area contributed by atoms with Crippen LogP contribution in [0.5, 0.6) is 0 Å². The summed E-state index contributed by atoms with van der Waals surface area (Å²) in [7, 11) is 0. The second-order valence-electron chi connectivity index (χ2n) is 6.69. The molecule has 0 saturated carbocycles. The molecule has 2 unspecified atom stereocenters. The van der Waals surface area contributed by atoms with Crippen LogP contribution >= 0.6 is 11.3 Å². The number of nitrogens with zero attached hydrogens (tertiary/aromatic N) is 1. The molecule has 3 aromatic rings. The van der Waals surface area contributed by atoms with Gasteiger partial charge in [0.25, 0.3) is 0 Å². The van der Waals surface area contributed by atoms with Crippen LogP contribution in [-0.2, 0) is 4.79 Å². The van der Waals surface area contributed by atoms with Crippen LogP contribution in [0.25, 0.3) is 10.8 Å². The van der Waals surface area contributed by atoms with Gasteiger partial charge in [-0.1, -0.05) is 36.4 Å². The van der Waals surface area contributed by atoms with Crippen LogP contribution in [0.3, 0.4) is 0 Å². The number of likely N-dealkylation sites (tertiary alicyclic amines) is 1. The molecule has 2 heterocycles. The van der Waals surface area contributed by atoms with E-state index in [1.807, 2.05) is 12.1 Å². The lowest BCUT2D eigenvalue weighted by Crippen LogP contribution is -2.39. The number of rotatable bonds is 4. The summed E-state index contributed by atoms with van der Waals surface area (Å²) in [5.74, 6) is -0.712. The summed E-state index contributed by atoms with van der Waals surface area (Å²) in [5.41, 5.74) is 1.17. The molecule has 25 heavy (non-hydrogen) atoms. The van der Waals surface area contributed by atoms with Gasteiger partial charge in [0.15, 0.2) is 0 Å². The summed E-state index contributed by atoms with van der Waals surface area (Å²) < 4.78 is 0. The fourth-order valence-corrected chi connectivity index (χ4v) is 4.89. The van der Waals surface area contributed by atoms with Crippen molar-refractivity contribution >= 4 is 28.1 Å². The Balaban J connectivity index is 1.83. The highest BCUT2D eigenvalue weighted by Gasteiger charge is 2.37. The first-order valence-corrected chi connectivity index (χ1v) is 9.49. The Labute approximate surface area is 151 Å². The van der Waals surface area contributed by atoms with E-state index in [-0.39, 0.29) is 6.04 Å². The molecule has 0 amide bonds. The van der Waals surface area contributed by atoms with Crippen LogP contribution < -0.4 is 0 Å². The van der Waals surface area contributed by atoms with E-state index >= 15 is 0 Å². The van der Waals surface area contributed by atoms with E-state index in [1.54, 1.807) is 11.3 Å². The lowest BCUT2D eigenvalue weighted by molar-refractivity contribution is -0.142. The van der Waals surface area contributed by atoms with E-state index in [0.717, 1.165) is 19.4 Å². The number of fused-ring (bicyclic) bond motifs is 1. The average Bonchev–Trinajstić information content (AvgIpc) is 3.25. The van der Waals surface area contributed by atoms with Gasteiger partial charge >= 0.3 is 5.97 Å². The van der Waals surface area contributed by atoms with Gasteiger partial charge in [-0.15, -0.1) is 11.3 Å². The molecule has 4 heteroatoms. The molecular weight excluding hydrogens is 330 g/mol. The lowest BCUT2D eigenvalue weighted by atomic mass is 9.99. The quantitative estimate of drug-likeness (QED) is 0.730. The molecule has 1 aromatic heterocycles. The van der Waals surface area contributed by atoms with E-state index in [4.69, 9.17) is 0 Å². The molecule has 1 saturated heterocycles. The Kier molecular flexibility index (Phi) is 4.32. The zero-order valence-electron chi connectivity index (χ0n) is 14.2. The van der Waals surface area contributed by atoms with Crippen LogP contribution in [0, 0.1) is 6.92 Å². The molecule has 4 rings (SSSR count). The van der Waals surface area contributed by atoms with Crippen LogP contribution in [0.2, 0.25) is 0 Å². The van der Waals surface area contributed by atoms with Gasteiger partial charge in [0.1, 0.15) is 6.04 Å². The minimum absolute atomic E-state index is 0.00639. The molecule has 3 nitrogen and oxygen atoms in total. The normalized spacial score (nSPS) is 19.3. The Morgan fingerprint density at radius 1 is 1.16 bits per heavy atom. The number of carboxylic acids is 1. The van der Waals surface area contributed by atoms with Gasteiger partial charge in [0.2, 0.25) is 0 Å². The van der Waals surface area contributed by atoms with Gasteiger partial charge in [-0.25, -0.2) is 0 Å². The number of thiophene rings is 1. The van der Waals surface area contributed by atoms with Gasteiger partial charge in [-0.3, -0.25) is 9.69 Å². The van der Waals surface area contributed by atoms with Gasteiger partial charge in [-0.2, -0.15) is 0 Å². The highest BCUT2D eigenvalue weighted by atomic mass is 32.1. The third-order valence-corrected chi connectivity index (χ3v) is 6.08. The first-order chi connectivity index (χ1) is 12.1. The molecular formula is C21H21NO2S. The van der Waals surface area contributed by atoms with Gasteiger partial charge in [-0.05, 0) is 54.3 Å². The minimum Gasteiger partial charge on any atom is -0.480 e. The second kappa shape index (κ2) is 6.62. The fraction of sp³-hybridized carbons (Fsp3) is 0.286. The summed E-state index contributed by atoms with van der Waals surface area (Å²) in [6, 6.07) is 18.7. The highest BCUT2D eigenvalue weighted by Crippen LogP contribution is 2.38. The molecule has 1 aliphatic rings. The zero-order valence-corrected chi connectivity index (χ0v) is 15.0. The average molecular weight is 351 g/mol. The van der Waals surface area contributed by atoms with Crippen LogP contribution in [0.15, 0.2) is 54.6 Å². The van der Waals surface area contributed by atoms with E-state index < -0.39 is 12.0 Å². The molecule has 0 bridgehead atoms. The summed E-state index contributed by atoms with van der Waals surface area (Å²) >= 11 is 1.76. The Bertz CT molecular complexity index is 917. The van der Waals surface area contributed by atoms with Crippen LogP contribution in [-0.4, -0.2) is 28.6 Å². The molecule has 2 atom stereocenters. The summed E-state index contributed by atoms with van der Waals surface area (Å²) in [6.07, 6.45) is 1.66. The van der Waals surface area contributed by atoms with Crippen molar-refractivity contribution in [2.24, 2.45) is 0 Å². The van der Waals surface area contributed by atoms with E-state index in [0.29, 0.717) is 0 Å². The largest absolute Gasteiger partial charge is 0.480 e. The molecule has 0 aliphatic carbocycles. The summed E-state index contributed by atoms with van der Waals surface area (Å²) in [6.45, 7) is 2.93. The molecule has 1 N–H and O–H groups in total. The van der Waals surface area contributed by atoms with Gasteiger partial charge in [0, 0.05) is 16.3 Å².